The van der Waals surface area contributed by atoms with Crippen molar-refractivity contribution in [3.8, 4) is 0 Å². The number of rotatable bonds is 11. The second-order valence-corrected chi connectivity index (χ2v) is 11.5. The van der Waals surface area contributed by atoms with Crippen LogP contribution in [0.2, 0.25) is 0 Å². The fourth-order valence-corrected chi connectivity index (χ4v) is 5.30. The lowest BCUT2D eigenvalue weighted by Crippen LogP contribution is -2.41. The maximum absolute atomic E-state index is 13.1. The third-order valence-electron chi connectivity index (χ3n) is 7.42. The number of morpholine rings is 1. The van der Waals surface area contributed by atoms with Crippen molar-refractivity contribution in [3.63, 3.8) is 0 Å². The number of ether oxygens (including phenoxy) is 1. The van der Waals surface area contributed by atoms with Crippen LogP contribution in [0.5, 0.6) is 0 Å². The van der Waals surface area contributed by atoms with Crippen molar-refractivity contribution in [2.75, 3.05) is 56.3 Å². The van der Waals surface area contributed by atoms with Crippen molar-refractivity contribution in [1.29, 1.82) is 0 Å². The van der Waals surface area contributed by atoms with Crippen molar-refractivity contribution < 1.29 is 19.1 Å². The zero-order valence-electron chi connectivity index (χ0n) is 25.6. The molecule has 3 aromatic heterocycles. The molecule has 45 heavy (non-hydrogen) atoms. The van der Waals surface area contributed by atoms with E-state index in [1.807, 2.05) is 30.5 Å². The summed E-state index contributed by atoms with van der Waals surface area (Å²) in [5.41, 5.74) is 3.93. The van der Waals surface area contributed by atoms with E-state index >= 15 is 0 Å². The molecule has 1 aliphatic rings. The molecule has 0 saturated carbocycles. The predicted molar refractivity (Wildman–Crippen MR) is 178 cm³/mol. The normalized spacial score (nSPS) is 13.6. The summed E-state index contributed by atoms with van der Waals surface area (Å²) in [6.45, 7) is 4.41. The maximum atomic E-state index is 13.1. The van der Waals surface area contributed by atoms with E-state index in [0.717, 1.165) is 30.9 Å². The molecule has 12 heteroatoms. The molecular formula is C33H37N7O4S. The van der Waals surface area contributed by atoms with E-state index in [1.54, 1.807) is 71.7 Å². The minimum atomic E-state index is -0.372. The first-order valence-electron chi connectivity index (χ1n) is 14.6. The Balaban J connectivity index is 1.14. The molecule has 5 rings (SSSR count). The SMILES string of the molecule is CSc1ccc(C=Cc2ccc(C(=O)Nc3cc(C(=O)Nc4cc(C(=O)NCCN5CCOCC5)n(C)c4)n(C)c3)cn2)cc1. The number of aromatic nitrogens is 3. The maximum Gasteiger partial charge on any atom is 0.272 e. The van der Waals surface area contributed by atoms with Crippen LogP contribution in [0, 0.1) is 0 Å². The molecule has 1 aliphatic heterocycles. The fraction of sp³-hybridized carbons (Fsp3) is 0.273. The Morgan fingerprint density at radius 2 is 1.51 bits per heavy atom. The highest BCUT2D eigenvalue weighted by Gasteiger charge is 2.18. The van der Waals surface area contributed by atoms with Gasteiger partial charge in [0.25, 0.3) is 17.7 Å². The summed E-state index contributed by atoms with van der Waals surface area (Å²) < 4.78 is 8.66. The minimum absolute atomic E-state index is 0.213. The molecule has 1 aromatic carbocycles. The first-order valence-corrected chi connectivity index (χ1v) is 15.8. The van der Waals surface area contributed by atoms with Gasteiger partial charge < -0.3 is 29.8 Å². The summed E-state index contributed by atoms with van der Waals surface area (Å²) >= 11 is 1.70. The first-order chi connectivity index (χ1) is 21.8. The average Bonchev–Trinajstić information content (AvgIpc) is 3.61. The molecule has 0 atom stereocenters. The first kappa shape index (κ1) is 31.8. The highest BCUT2D eigenvalue weighted by Crippen LogP contribution is 2.19. The second kappa shape index (κ2) is 14.9. The Hall–Kier alpha value is -4.65. The van der Waals surface area contributed by atoms with E-state index in [0.29, 0.717) is 48.1 Å². The fourth-order valence-electron chi connectivity index (χ4n) is 4.89. The number of nitrogens with one attached hydrogen (secondary N) is 3. The number of pyridine rings is 1. The molecule has 3 amide bonds. The molecule has 3 N–H and O–H groups in total. The number of anilines is 2. The number of hydrogen-bond donors (Lipinski definition) is 3. The van der Waals surface area contributed by atoms with E-state index in [4.69, 9.17) is 4.74 Å². The van der Waals surface area contributed by atoms with E-state index in [9.17, 15) is 14.4 Å². The lowest BCUT2D eigenvalue weighted by molar-refractivity contribution is 0.0383. The van der Waals surface area contributed by atoms with Gasteiger partial charge in [0.05, 0.1) is 35.8 Å². The van der Waals surface area contributed by atoms with Crippen molar-refractivity contribution >= 4 is 53.0 Å². The number of benzene rings is 1. The van der Waals surface area contributed by atoms with Gasteiger partial charge in [-0.15, -0.1) is 11.8 Å². The molecule has 4 heterocycles. The Morgan fingerprint density at radius 3 is 2.13 bits per heavy atom. The average molecular weight is 628 g/mol. The van der Waals surface area contributed by atoms with Gasteiger partial charge >= 0.3 is 0 Å². The van der Waals surface area contributed by atoms with Gasteiger partial charge in [-0.25, -0.2) is 0 Å². The molecule has 11 nitrogen and oxygen atoms in total. The third-order valence-corrected chi connectivity index (χ3v) is 8.16. The van der Waals surface area contributed by atoms with Crippen LogP contribution in [-0.2, 0) is 18.8 Å². The zero-order chi connectivity index (χ0) is 31.8. The summed E-state index contributed by atoms with van der Waals surface area (Å²) in [7, 11) is 3.48. The van der Waals surface area contributed by atoms with Gasteiger partial charge in [0.1, 0.15) is 11.4 Å². The third kappa shape index (κ3) is 8.50. The molecule has 0 bridgehead atoms. The monoisotopic (exact) mass is 627 g/mol. The molecule has 234 valence electrons. The van der Waals surface area contributed by atoms with Crippen molar-refractivity contribution in [2.24, 2.45) is 14.1 Å². The van der Waals surface area contributed by atoms with Crippen LogP contribution in [0.25, 0.3) is 12.2 Å². The summed E-state index contributed by atoms with van der Waals surface area (Å²) in [5, 5.41) is 8.62. The molecule has 0 aliphatic carbocycles. The molecule has 1 fully saturated rings. The van der Waals surface area contributed by atoms with E-state index in [1.165, 1.54) is 11.1 Å². The van der Waals surface area contributed by atoms with Crippen molar-refractivity contribution in [3.05, 3.63) is 95.3 Å². The quantitative estimate of drug-likeness (QED) is 0.213. The van der Waals surface area contributed by atoms with Crippen LogP contribution in [-0.4, -0.2) is 82.4 Å². The number of hydrogen-bond acceptors (Lipinski definition) is 7. The highest BCUT2D eigenvalue weighted by molar-refractivity contribution is 7.98. The Kier molecular flexibility index (Phi) is 10.5. The molecule has 0 unspecified atom stereocenters. The van der Waals surface area contributed by atoms with E-state index in [-0.39, 0.29) is 17.7 Å². The molecular weight excluding hydrogens is 590 g/mol. The zero-order valence-corrected chi connectivity index (χ0v) is 26.4. The van der Waals surface area contributed by atoms with Gasteiger partial charge in [-0.05, 0) is 54.3 Å². The second-order valence-electron chi connectivity index (χ2n) is 10.6. The van der Waals surface area contributed by atoms with Crippen LogP contribution in [0.4, 0.5) is 11.4 Å². The van der Waals surface area contributed by atoms with Gasteiger partial charge in [0.2, 0.25) is 0 Å². The topological polar surface area (TPSA) is 123 Å². The Bertz CT molecular complexity index is 1670. The number of aryl methyl sites for hydroxylation is 2. The molecule has 0 spiro atoms. The molecule has 4 aromatic rings. The number of carbonyl (C=O) groups is 3. The van der Waals surface area contributed by atoms with Crippen molar-refractivity contribution in [1.82, 2.24) is 24.3 Å². The van der Waals surface area contributed by atoms with Crippen LogP contribution in [0.1, 0.15) is 42.6 Å². The number of amides is 3. The standard InChI is InChI=1S/C33H37N7O4S/c1-38-22-27(18-29(38)32(42)34-12-13-40-14-16-44-17-15-40)37-33(43)30-19-26(21-39(30)2)36-31(41)24-7-9-25(35-20-24)8-4-23-5-10-28(45-3)11-6-23/h4-11,18-22H,12-17H2,1-3H3,(H,34,42)(H,36,41)(H,37,43). The van der Waals surface area contributed by atoms with Crippen LogP contribution in [0.15, 0.2) is 72.0 Å². The van der Waals surface area contributed by atoms with Gasteiger partial charge in [-0.1, -0.05) is 18.2 Å². The molecule has 0 radical (unpaired) electrons. The number of nitrogens with zero attached hydrogens (tertiary/aromatic N) is 4. The highest BCUT2D eigenvalue weighted by atomic mass is 32.2. The lowest BCUT2D eigenvalue weighted by Gasteiger charge is -2.26. The van der Waals surface area contributed by atoms with Crippen LogP contribution in [0.3, 0.4) is 0 Å². The van der Waals surface area contributed by atoms with Crippen LogP contribution < -0.4 is 16.0 Å². The summed E-state index contributed by atoms with van der Waals surface area (Å²) in [4.78, 5) is 46.6. The summed E-state index contributed by atoms with van der Waals surface area (Å²) in [6, 6.07) is 15.0. The summed E-state index contributed by atoms with van der Waals surface area (Å²) in [5.74, 6) is -0.922. The smallest absolute Gasteiger partial charge is 0.272 e. The Labute approximate surface area is 266 Å². The van der Waals surface area contributed by atoms with Gasteiger partial charge in [0, 0.05) is 63.8 Å². The van der Waals surface area contributed by atoms with Gasteiger partial charge in [0.15, 0.2) is 0 Å². The van der Waals surface area contributed by atoms with Gasteiger partial charge in [-0.2, -0.15) is 0 Å². The van der Waals surface area contributed by atoms with Crippen LogP contribution >= 0.6 is 11.8 Å². The van der Waals surface area contributed by atoms with E-state index in [2.05, 4.69) is 38.0 Å². The van der Waals surface area contributed by atoms with Crippen molar-refractivity contribution in [2.45, 2.75) is 4.90 Å². The Morgan fingerprint density at radius 1 is 0.867 bits per heavy atom. The van der Waals surface area contributed by atoms with Gasteiger partial charge in [-0.3, -0.25) is 24.3 Å². The largest absolute Gasteiger partial charge is 0.379 e. The number of carbonyl (C=O) groups excluding carboxylic acids is 3. The minimum Gasteiger partial charge on any atom is -0.379 e. The van der Waals surface area contributed by atoms with E-state index < -0.39 is 0 Å². The molecule has 1 saturated heterocycles. The summed E-state index contributed by atoms with van der Waals surface area (Å²) in [6.07, 6.45) is 10.8. The predicted octanol–water partition coefficient (Wildman–Crippen LogP) is 4.22. The number of thioether (sulfide) groups is 1. The lowest BCUT2D eigenvalue weighted by atomic mass is 10.2.